The molecule has 0 amide bonds. The molecule has 5 nitrogen and oxygen atoms in total. The van der Waals surface area contributed by atoms with Gasteiger partial charge in [0.05, 0.1) is 31.3 Å². The lowest BCUT2D eigenvalue weighted by Crippen LogP contribution is -2.11. The molecule has 6 heteroatoms. The first-order valence-corrected chi connectivity index (χ1v) is 7.90. The van der Waals surface area contributed by atoms with Gasteiger partial charge in [-0.2, -0.15) is 0 Å². The average molecular weight is 306 g/mol. The van der Waals surface area contributed by atoms with Crippen molar-refractivity contribution in [1.82, 2.24) is 9.55 Å². The van der Waals surface area contributed by atoms with Crippen LogP contribution < -0.4 is 0 Å². The van der Waals surface area contributed by atoms with Crippen LogP contribution in [-0.2, 0) is 22.6 Å². The molecule has 21 heavy (non-hydrogen) atoms. The van der Waals surface area contributed by atoms with Gasteiger partial charge in [-0.3, -0.25) is 0 Å². The van der Waals surface area contributed by atoms with Gasteiger partial charge >= 0.3 is 0 Å². The number of aliphatic hydroxyl groups is 1. The second-order valence-corrected chi connectivity index (χ2v) is 5.76. The van der Waals surface area contributed by atoms with Crippen LogP contribution in [0.15, 0.2) is 41.7 Å². The summed E-state index contributed by atoms with van der Waals surface area (Å²) in [6.07, 6.45) is 1.74. The highest BCUT2D eigenvalue weighted by Gasteiger charge is 2.18. The van der Waals surface area contributed by atoms with Gasteiger partial charge in [-0.05, 0) is 5.56 Å². The minimum absolute atomic E-state index is 0.0498. The van der Waals surface area contributed by atoms with Gasteiger partial charge in [0.1, 0.15) is 0 Å². The second kappa shape index (κ2) is 7.09. The van der Waals surface area contributed by atoms with Crippen LogP contribution in [0.25, 0.3) is 0 Å². The minimum Gasteiger partial charge on any atom is -0.390 e. The number of aliphatic hydroxyl groups excluding tert-OH is 1. The summed E-state index contributed by atoms with van der Waals surface area (Å²) in [5.41, 5.74) is 1.89. The number of benzene rings is 1. The van der Waals surface area contributed by atoms with Crippen molar-refractivity contribution in [2.75, 3.05) is 19.0 Å². The van der Waals surface area contributed by atoms with E-state index in [1.165, 1.54) is 5.56 Å². The number of ether oxygens (including phenoxy) is 2. The highest BCUT2D eigenvalue weighted by molar-refractivity contribution is 7.99. The monoisotopic (exact) mass is 306 g/mol. The van der Waals surface area contributed by atoms with E-state index in [4.69, 9.17) is 9.47 Å². The standard InChI is InChI=1S/C15H18N2O3S/c18-10-13-9-17(8-12-4-2-1-3-5-12)15(16-13)21-11-14-19-6-7-20-14/h1-5,9,14,18H,6-8,10-11H2. The molecular weight excluding hydrogens is 288 g/mol. The second-order valence-electron chi connectivity index (χ2n) is 4.77. The lowest BCUT2D eigenvalue weighted by atomic mass is 10.2. The molecule has 2 heterocycles. The largest absolute Gasteiger partial charge is 0.390 e. The van der Waals surface area contributed by atoms with Crippen LogP contribution in [-0.4, -0.2) is 39.9 Å². The zero-order valence-electron chi connectivity index (χ0n) is 11.6. The molecule has 112 valence electrons. The van der Waals surface area contributed by atoms with Crippen LogP contribution in [0, 0.1) is 0 Å². The summed E-state index contributed by atoms with van der Waals surface area (Å²) in [4.78, 5) is 4.45. The molecule has 1 aromatic heterocycles. The van der Waals surface area contributed by atoms with E-state index < -0.39 is 0 Å². The first-order valence-electron chi connectivity index (χ1n) is 6.92. The predicted octanol–water partition coefficient (Wildman–Crippen LogP) is 1.89. The Morgan fingerprint density at radius 1 is 1.24 bits per heavy atom. The Morgan fingerprint density at radius 2 is 2.00 bits per heavy atom. The fourth-order valence-electron chi connectivity index (χ4n) is 2.18. The number of hydrogen-bond donors (Lipinski definition) is 1. The zero-order valence-corrected chi connectivity index (χ0v) is 12.5. The van der Waals surface area contributed by atoms with Gasteiger partial charge in [0.15, 0.2) is 11.4 Å². The van der Waals surface area contributed by atoms with Crippen molar-refractivity contribution in [2.24, 2.45) is 0 Å². The molecule has 1 aromatic carbocycles. The van der Waals surface area contributed by atoms with Crippen LogP contribution in [0.1, 0.15) is 11.3 Å². The third-order valence-corrected chi connectivity index (χ3v) is 4.21. The Labute approximate surface area is 127 Å². The van der Waals surface area contributed by atoms with E-state index in [0.29, 0.717) is 24.7 Å². The highest BCUT2D eigenvalue weighted by atomic mass is 32.2. The van der Waals surface area contributed by atoms with Crippen molar-refractivity contribution in [2.45, 2.75) is 24.6 Å². The van der Waals surface area contributed by atoms with Crippen LogP contribution >= 0.6 is 11.8 Å². The molecule has 0 radical (unpaired) electrons. The van der Waals surface area contributed by atoms with Crippen LogP contribution in [0.4, 0.5) is 0 Å². The van der Waals surface area contributed by atoms with Crippen molar-refractivity contribution in [3.8, 4) is 0 Å². The Morgan fingerprint density at radius 3 is 2.71 bits per heavy atom. The molecule has 0 spiro atoms. The van der Waals surface area contributed by atoms with Crippen LogP contribution in [0.3, 0.4) is 0 Å². The molecule has 1 aliphatic heterocycles. The summed E-state index contributed by atoms with van der Waals surface area (Å²) >= 11 is 1.59. The summed E-state index contributed by atoms with van der Waals surface area (Å²) < 4.78 is 12.9. The Kier molecular flexibility index (Phi) is 4.92. The molecule has 0 aliphatic carbocycles. The van der Waals surface area contributed by atoms with Crippen LogP contribution in [0.2, 0.25) is 0 Å². The topological polar surface area (TPSA) is 56.5 Å². The van der Waals surface area contributed by atoms with Gasteiger partial charge in [-0.25, -0.2) is 4.98 Å². The molecule has 0 bridgehead atoms. The van der Waals surface area contributed by atoms with E-state index in [9.17, 15) is 5.11 Å². The Balaban J connectivity index is 1.70. The number of imidazole rings is 1. The van der Waals surface area contributed by atoms with Crippen molar-refractivity contribution in [3.05, 3.63) is 47.8 Å². The molecule has 1 aliphatic rings. The smallest absolute Gasteiger partial charge is 0.168 e. The summed E-state index contributed by atoms with van der Waals surface area (Å²) in [5, 5.41) is 10.2. The third kappa shape index (κ3) is 3.85. The molecule has 0 unspecified atom stereocenters. The number of aromatic nitrogens is 2. The Bertz CT molecular complexity index is 568. The average Bonchev–Trinajstić information content (AvgIpc) is 3.16. The molecule has 0 saturated carbocycles. The van der Waals surface area contributed by atoms with Crippen molar-refractivity contribution >= 4 is 11.8 Å². The molecule has 1 fully saturated rings. The first kappa shape index (κ1) is 14.6. The van der Waals surface area contributed by atoms with E-state index in [2.05, 4.69) is 21.7 Å². The van der Waals surface area contributed by atoms with Crippen molar-refractivity contribution in [1.29, 1.82) is 0 Å². The SMILES string of the molecule is OCc1cn(Cc2ccccc2)c(SCC2OCCO2)n1. The number of rotatable bonds is 6. The lowest BCUT2D eigenvalue weighted by molar-refractivity contribution is -0.0215. The van der Waals surface area contributed by atoms with E-state index >= 15 is 0 Å². The van der Waals surface area contributed by atoms with Gasteiger partial charge in [0.25, 0.3) is 0 Å². The van der Waals surface area contributed by atoms with E-state index in [0.717, 1.165) is 11.7 Å². The first-order chi connectivity index (χ1) is 10.3. The van der Waals surface area contributed by atoms with Crippen molar-refractivity contribution < 1.29 is 14.6 Å². The molecule has 1 saturated heterocycles. The van der Waals surface area contributed by atoms with Gasteiger partial charge in [-0.1, -0.05) is 42.1 Å². The zero-order chi connectivity index (χ0) is 14.5. The van der Waals surface area contributed by atoms with Gasteiger partial charge in [-0.15, -0.1) is 0 Å². The Hall–Kier alpha value is -1.34. The van der Waals surface area contributed by atoms with E-state index in [1.54, 1.807) is 11.8 Å². The molecule has 1 N–H and O–H groups in total. The number of hydrogen-bond acceptors (Lipinski definition) is 5. The third-order valence-electron chi connectivity index (χ3n) is 3.19. The normalized spacial score (nSPS) is 15.7. The predicted molar refractivity (Wildman–Crippen MR) is 80.1 cm³/mol. The van der Waals surface area contributed by atoms with Crippen LogP contribution in [0.5, 0.6) is 0 Å². The number of thioether (sulfide) groups is 1. The maximum absolute atomic E-state index is 9.29. The lowest BCUT2D eigenvalue weighted by Gasteiger charge is -2.10. The van der Waals surface area contributed by atoms with Gasteiger partial charge < -0.3 is 19.1 Å². The molecular formula is C15H18N2O3S. The quantitative estimate of drug-likeness (QED) is 0.826. The van der Waals surface area contributed by atoms with E-state index in [-0.39, 0.29) is 12.9 Å². The summed E-state index contributed by atoms with van der Waals surface area (Å²) in [5.74, 6) is 0.705. The van der Waals surface area contributed by atoms with Gasteiger partial charge in [0, 0.05) is 12.7 Å². The number of nitrogens with zero attached hydrogens (tertiary/aromatic N) is 2. The summed E-state index contributed by atoms with van der Waals surface area (Å²) in [6, 6.07) is 10.2. The molecule has 0 atom stereocenters. The molecule has 3 rings (SSSR count). The molecule has 2 aromatic rings. The maximum Gasteiger partial charge on any atom is 0.168 e. The van der Waals surface area contributed by atoms with E-state index in [1.807, 2.05) is 24.4 Å². The van der Waals surface area contributed by atoms with Gasteiger partial charge in [0.2, 0.25) is 0 Å². The minimum atomic E-state index is -0.158. The maximum atomic E-state index is 9.29. The highest BCUT2D eigenvalue weighted by Crippen LogP contribution is 2.22. The summed E-state index contributed by atoms with van der Waals surface area (Å²) in [6.45, 7) is 2.01. The van der Waals surface area contributed by atoms with Crippen molar-refractivity contribution in [3.63, 3.8) is 0 Å². The fraction of sp³-hybridized carbons (Fsp3) is 0.400. The fourth-order valence-corrected chi connectivity index (χ4v) is 3.12. The summed E-state index contributed by atoms with van der Waals surface area (Å²) in [7, 11) is 0.